The second-order valence-electron chi connectivity index (χ2n) is 9.91. The summed E-state index contributed by atoms with van der Waals surface area (Å²) in [6.07, 6.45) is 0.969. The van der Waals surface area contributed by atoms with Gasteiger partial charge in [0.2, 0.25) is 11.8 Å². The number of carbonyl (C=O) groups excluding carboxylic acids is 2. The number of hydrogen-bond acceptors (Lipinski definition) is 4. The maximum Gasteiger partial charge on any atom is 0.264 e. The predicted octanol–water partition coefficient (Wildman–Crippen LogP) is 7.53. The predicted molar refractivity (Wildman–Crippen MR) is 171 cm³/mol. The van der Waals surface area contributed by atoms with Crippen molar-refractivity contribution in [3.63, 3.8) is 0 Å². The van der Waals surface area contributed by atoms with E-state index in [0.29, 0.717) is 17.0 Å². The molecule has 0 saturated heterocycles. The largest absolute Gasteiger partial charge is 0.352 e. The summed E-state index contributed by atoms with van der Waals surface area (Å²) >= 11 is 25.1. The number of amides is 2. The van der Waals surface area contributed by atoms with Gasteiger partial charge in [-0.25, -0.2) is 8.42 Å². The van der Waals surface area contributed by atoms with Crippen LogP contribution in [0.25, 0.3) is 0 Å². The minimum Gasteiger partial charge on any atom is -0.352 e. The molecule has 3 aromatic rings. The first-order valence-electron chi connectivity index (χ1n) is 13.4. The SMILES string of the molecule is CC[C@@H](C)NC(=O)[C@H](CC)N(Cc1ccc(Cl)c(Cl)c1)C(=O)CN(c1cccc(Cl)c1Cl)S(=O)(=O)c1ccc(C)cc1. The zero-order valence-corrected chi connectivity index (χ0v) is 27.5. The van der Waals surface area contributed by atoms with Crippen LogP contribution >= 0.6 is 46.4 Å². The number of nitrogens with one attached hydrogen (secondary N) is 1. The van der Waals surface area contributed by atoms with Gasteiger partial charge in [0.25, 0.3) is 10.0 Å². The highest BCUT2D eigenvalue weighted by Gasteiger charge is 2.35. The van der Waals surface area contributed by atoms with Gasteiger partial charge in [0.05, 0.1) is 30.7 Å². The highest BCUT2D eigenvalue weighted by molar-refractivity contribution is 7.92. The normalized spacial score (nSPS) is 12.9. The Labute approximate surface area is 267 Å². The van der Waals surface area contributed by atoms with E-state index in [0.717, 1.165) is 9.87 Å². The molecule has 0 radical (unpaired) electrons. The Morgan fingerprint density at radius 1 is 0.881 bits per heavy atom. The topological polar surface area (TPSA) is 86.8 Å². The third kappa shape index (κ3) is 8.11. The lowest BCUT2D eigenvalue weighted by Gasteiger charge is -2.34. The number of benzene rings is 3. The summed E-state index contributed by atoms with van der Waals surface area (Å²) in [5.41, 5.74) is 1.51. The fourth-order valence-electron chi connectivity index (χ4n) is 4.23. The molecule has 0 fully saturated rings. The first-order chi connectivity index (χ1) is 19.8. The van der Waals surface area contributed by atoms with Gasteiger partial charge in [-0.1, -0.05) is 90.1 Å². The van der Waals surface area contributed by atoms with E-state index >= 15 is 0 Å². The molecule has 226 valence electrons. The highest BCUT2D eigenvalue weighted by atomic mass is 35.5. The summed E-state index contributed by atoms with van der Waals surface area (Å²) in [6, 6.07) is 14.7. The van der Waals surface area contributed by atoms with Gasteiger partial charge in [-0.15, -0.1) is 0 Å². The highest BCUT2D eigenvalue weighted by Crippen LogP contribution is 2.36. The van der Waals surface area contributed by atoms with Crippen molar-refractivity contribution in [3.05, 3.63) is 91.9 Å². The number of rotatable bonds is 12. The molecule has 0 heterocycles. The molecule has 42 heavy (non-hydrogen) atoms. The van der Waals surface area contributed by atoms with Crippen LogP contribution in [0.2, 0.25) is 20.1 Å². The maximum absolute atomic E-state index is 14.2. The van der Waals surface area contributed by atoms with Crippen molar-refractivity contribution in [2.75, 3.05) is 10.8 Å². The molecule has 3 rings (SSSR count). The first kappa shape index (κ1) is 34.0. The quantitative estimate of drug-likeness (QED) is 0.216. The van der Waals surface area contributed by atoms with Gasteiger partial charge < -0.3 is 10.2 Å². The van der Waals surface area contributed by atoms with Crippen molar-refractivity contribution in [2.45, 2.75) is 64.1 Å². The van der Waals surface area contributed by atoms with E-state index in [-0.39, 0.29) is 50.6 Å². The molecule has 0 saturated carbocycles. The average Bonchev–Trinajstić information content (AvgIpc) is 2.95. The van der Waals surface area contributed by atoms with E-state index in [1.807, 2.05) is 20.8 Å². The molecular weight excluding hydrogens is 640 g/mol. The molecule has 0 bridgehead atoms. The summed E-state index contributed by atoms with van der Waals surface area (Å²) in [5, 5.41) is 3.65. The summed E-state index contributed by atoms with van der Waals surface area (Å²) in [6.45, 7) is 6.75. The van der Waals surface area contributed by atoms with Gasteiger partial charge in [0.15, 0.2) is 0 Å². The standard InChI is InChI=1S/C30H33Cl4N3O4S/c1-5-20(4)35-30(39)26(6-2)36(17-21-12-15-23(31)25(33)16-21)28(38)18-37(27-9-7-8-24(32)29(27)34)42(40,41)22-13-10-19(3)11-14-22/h7-16,20,26H,5-6,17-18H2,1-4H3,(H,35,39)/t20-,26+/m1/s1. The molecule has 7 nitrogen and oxygen atoms in total. The zero-order valence-electron chi connectivity index (χ0n) is 23.7. The molecule has 0 aliphatic heterocycles. The maximum atomic E-state index is 14.2. The van der Waals surface area contributed by atoms with Crippen molar-refractivity contribution < 1.29 is 18.0 Å². The summed E-state index contributed by atoms with van der Waals surface area (Å²) < 4.78 is 28.9. The lowest BCUT2D eigenvalue weighted by atomic mass is 10.1. The number of carbonyl (C=O) groups is 2. The van der Waals surface area contributed by atoms with E-state index in [9.17, 15) is 18.0 Å². The molecule has 0 aliphatic rings. The van der Waals surface area contributed by atoms with Crippen molar-refractivity contribution in [1.82, 2.24) is 10.2 Å². The van der Waals surface area contributed by atoms with Gasteiger partial charge in [-0.05, 0) is 68.7 Å². The van der Waals surface area contributed by atoms with Crippen LogP contribution < -0.4 is 9.62 Å². The lowest BCUT2D eigenvalue weighted by Crippen LogP contribution is -2.53. The molecule has 2 atom stereocenters. The van der Waals surface area contributed by atoms with E-state index < -0.39 is 28.5 Å². The van der Waals surface area contributed by atoms with Gasteiger partial charge in [0.1, 0.15) is 12.6 Å². The van der Waals surface area contributed by atoms with Crippen molar-refractivity contribution in [2.24, 2.45) is 0 Å². The minimum absolute atomic E-state index is 0.0240. The Bertz CT molecular complexity index is 1530. The molecular formula is C30H33Cl4N3O4S. The number of hydrogen-bond donors (Lipinski definition) is 1. The summed E-state index contributed by atoms with van der Waals surface area (Å²) in [7, 11) is -4.30. The zero-order chi connectivity index (χ0) is 31.2. The van der Waals surface area contributed by atoms with Crippen molar-refractivity contribution in [3.8, 4) is 0 Å². The van der Waals surface area contributed by atoms with Crippen LogP contribution in [-0.2, 0) is 26.2 Å². The number of anilines is 1. The van der Waals surface area contributed by atoms with E-state index in [2.05, 4.69) is 5.32 Å². The Morgan fingerprint density at radius 3 is 2.14 bits per heavy atom. The Balaban J connectivity index is 2.12. The Hall–Kier alpha value is -2.49. The van der Waals surface area contributed by atoms with E-state index in [1.54, 1.807) is 43.3 Å². The van der Waals surface area contributed by atoms with Crippen LogP contribution in [-0.4, -0.2) is 43.8 Å². The second kappa shape index (κ2) is 14.8. The first-order valence-corrected chi connectivity index (χ1v) is 16.3. The lowest BCUT2D eigenvalue weighted by molar-refractivity contribution is -0.140. The van der Waals surface area contributed by atoms with Crippen LogP contribution in [0.3, 0.4) is 0 Å². The molecule has 0 aliphatic carbocycles. The molecule has 0 unspecified atom stereocenters. The molecule has 1 N–H and O–H groups in total. The van der Waals surface area contributed by atoms with Crippen molar-refractivity contribution >= 4 is 73.9 Å². The van der Waals surface area contributed by atoms with Crippen LogP contribution in [0.1, 0.15) is 44.7 Å². The number of halogens is 4. The van der Waals surface area contributed by atoms with Gasteiger partial charge >= 0.3 is 0 Å². The van der Waals surface area contributed by atoms with Crippen LogP contribution in [0, 0.1) is 6.92 Å². The van der Waals surface area contributed by atoms with Crippen LogP contribution in [0.4, 0.5) is 5.69 Å². The fourth-order valence-corrected chi connectivity index (χ4v) is 6.43. The Kier molecular flexibility index (Phi) is 12.0. The third-order valence-electron chi connectivity index (χ3n) is 6.81. The Morgan fingerprint density at radius 2 is 1.55 bits per heavy atom. The third-order valence-corrected chi connectivity index (χ3v) is 10.1. The molecule has 0 spiro atoms. The number of nitrogens with zero attached hydrogens (tertiary/aromatic N) is 2. The summed E-state index contributed by atoms with van der Waals surface area (Å²) in [5.74, 6) is -0.979. The molecule has 3 aromatic carbocycles. The van der Waals surface area contributed by atoms with Gasteiger partial charge in [0, 0.05) is 12.6 Å². The summed E-state index contributed by atoms with van der Waals surface area (Å²) in [4.78, 5) is 28.9. The monoisotopic (exact) mass is 671 g/mol. The van der Waals surface area contributed by atoms with E-state index in [1.165, 1.54) is 29.2 Å². The van der Waals surface area contributed by atoms with Crippen molar-refractivity contribution in [1.29, 1.82) is 0 Å². The molecule has 12 heteroatoms. The van der Waals surface area contributed by atoms with Crippen LogP contribution in [0.5, 0.6) is 0 Å². The molecule has 2 amide bonds. The fraction of sp³-hybridized carbons (Fsp3) is 0.333. The van der Waals surface area contributed by atoms with Crippen LogP contribution in [0.15, 0.2) is 65.6 Å². The smallest absolute Gasteiger partial charge is 0.264 e. The second-order valence-corrected chi connectivity index (χ2v) is 13.4. The van der Waals surface area contributed by atoms with Gasteiger partial charge in [-0.3, -0.25) is 13.9 Å². The molecule has 0 aromatic heterocycles. The van der Waals surface area contributed by atoms with Gasteiger partial charge in [-0.2, -0.15) is 0 Å². The number of aryl methyl sites for hydroxylation is 1. The average molecular weight is 673 g/mol. The number of sulfonamides is 1. The van der Waals surface area contributed by atoms with E-state index in [4.69, 9.17) is 46.4 Å². The minimum atomic E-state index is -4.30.